The summed E-state index contributed by atoms with van der Waals surface area (Å²) in [6.45, 7) is 8.14. The zero-order valence-corrected chi connectivity index (χ0v) is 11.3. The molecule has 2 unspecified atom stereocenters. The molecule has 2 nitrogen and oxygen atoms in total. The van der Waals surface area contributed by atoms with Gasteiger partial charge >= 0.3 is 0 Å². The van der Waals surface area contributed by atoms with E-state index in [1.165, 1.54) is 18.4 Å². The maximum Gasteiger partial charge on any atom is 0.0333 e. The summed E-state index contributed by atoms with van der Waals surface area (Å²) in [6, 6.07) is 11.3. The second-order valence-corrected chi connectivity index (χ2v) is 5.39. The summed E-state index contributed by atoms with van der Waals surface area (Å²) < 4.78 is 0. The summed E-state index contributed by atoms with van der Waals surface area (Å²) >= 11 is 0. The Bertz CT molecular complexity index is 370. The molecule has 1 aromatic carbocycles. The molecule has 1 fully saturated rings. The van der Waals surface area contributed by atoms with Gasteiger partial charge in [-0.05, 0) is 24.3 Å². The monoisotopic (exact) mass is 244 g/mol. The lowest BCUT2D eigenvalue weighted by Crippen LogP contribution is -2.35. The first-order valence-corrected chi connectivity index (χ1v) is 6.88. The van der Waals surface area contributed by atoms with E-state index in [2.05, 4.69) is 42.7 Å². The molecule has 0 heterocycles. The van der Waals surface area contributed by atoms with E-state index in [-0.39, 0.29) is 6.04 Å². The van der Waals surface area contributed by atoms with E-state index in [1.54, 1.807) is 0 Å². The van der Waals surface area contributed by atoms with Crippen molar-refractivity contribution >= 4 is 0 Å². The fraction of sp³-hybridized carbons (Fsp3) is 0.500. The molecule has 0 bridgehead atoms. The van der Waals surface area contributed by atoms with E-state index in [9.17, 15) is 0 Å². The zero-order chi connectivity index (χ0) is 13.0. The van der Waals surface area contributed by atoms with Crippen LogP contribution in [0.4, 0.5) is 0 Å². The van der Waals surface area contributed by atoms with Gasteiger partial charge in [0.1, 0.15) is 0 Å². The van der Waals surface area contributed by atoms with Gasteiger partial charge in [-0.2, -0.15) is 0 Å². The van der Waals surface area contributed by atoms with Crippen LogP contribution in [0.2, 0.25) is 0 Å². The minimum atomic E-state index is 0.122. The molecular formula is C16H24N2. The number of hydrogen-bond acceptors (Lipinski definition) is 2. The second-order valence-electron chi connectivity index (χ2n) is 5.39. The van der Waals surface area contributed by atoms with Crippen molar-refractivity contribution in [2.45, 2.75) is 31.8 Å². The average Bonchev–Trinajstić information content (AvgIpc) is 3.22. The predicted molar refractivity (Wildman–Crippen MR) is 77.3 cm³/mol. The summed E-state index contributed by atoms with van der Waals surface area (Å²) in [4.78, 5) is 2.51. The molecule has 2 heteroatoms. The first kappa shape index (κ1) is 13.3. The van der Waals surface area contributed by atoms with Gasteiger partial charge in [0.05, 0.1) is 0 Å². The lowest BCUT2D eigenvalue weighted by Gasteiger charge is -2.28. The molecule has 0 aliphatic heterocycles. The molecular weight excluding hydrogens is 220 g/mol. The van der Waals surface area contributed by atoms with Crippen LogP contribution in [0.25, 0.3) is 0 Å². The Morgan fingerprint density at radius 3 is 2.61 bits per heavy atom. The molecule has 0 saturated heterocycles. The van der Waals surface area contributed by atoms with Gasteiger partial charge in [0.25, 0.3) is 0 Å². The molecule has 2 atom stereocenters. The van der Waals surface area contributed by atoms with Gasteiger partial charge < -0.3 is 5.73 Å². The molecule has 2 N–H and O–H groups in total. The molecule has 0 amide bonds. The van der Waals surface area contributed by atoms with Gasteiger partial charge in [-0.3, -0.25) is 4.90 Å². The van der Waals surface area contributed by atoms with Gasteiger partial charge in [-0.15, -0.1) is 6.58 Å². The van der Waals surface area contributed by atoms with Crippen molar-refractivity contribution in [3.63, 3.8) is 0 Å². The smallest absolute Gasteiger partial charge is 0.0333 e. The van der Waals surface area contributed by atoms with E-state index in [0.29, 0.717) is 5.92 Å². The summed E-state index contributed by atoms with van der Waals surface area (Å²) in [5, 5.41) is 0. The normalized spacial score (nSPS) is 18.6. The lowest BCUT2D eigenvalue weighted by molar-refractivity contribution is 0.233. The van der Waals surface area contributed by atoms with Crippen LogP contribution in [0.1, 0.15) is 31.4 Å². The molecule has 1 aromatic rings. The average molecular weight is 244 g/mol. The largest absolute Gasteiger partial charge is 0.324 e. The standard InChI is InChI=1S/C16H24N2/c1-3-11-18(15-9-10-15)12-13(2)16(17)14-7-5-4-6-8-14/h3-8,13,15-16H,1,9-12,17H2,2H3. The number of nitrogens with two attached hydrogens (primary N) is 1. The Morgan fingerprint density at radius 2 is 2.06 bits per heavy atom. The van der Waals surface area contributed by atoms with E-state index >= 15 is 0 Å². The lowest BCUT2D eigenvalue weighted by atomic mass is 9.95. The van der Waals surface area contributed by atoms with E-state index < -0.39 is 0 Å². The molecule has 0 radical (unpaired) electrons. The SMILES string of the molecule is C=CCN(CC(C)C(N)c1ccccc1)C1CC1. The molecule has 18 heavy (non-hydrogen) atoms. The fourth-order valence-electron chi connectivity index (χ4n) is 2.47. The van der Waals surface area contributed by atoms with Crippen LogP contribution in [-0.2, 0) is 0 Å². The first-order valence-electron chi connectivity index (χ1n) is 6.88. The molecule has 98 valence electrons. The molecule has 0 aromatic heterocycles. The van der Waals surface area contributed by atoms with Crippen molar-refractivity contribution in [2.24, 2.45) is 11.7 Å². The summed E-state index contributed by atoms with van der Waals surface area (Å²) in [5.74, 6) is 0.466. The third-order valence-electron chi connectivity index (χ3n) is 3.75. The van der Waals surface area contributed by atoms with Crippen LogP contribution < -0.4 is 5.73 Å². The highest BCUT2D eigenvalue weighted by atomic mass is 15.2. The van der Waals surface area contributed by atoms with Crippen LogP contribution in [-0.4, -0.2) is 24.0 Å². The quantitative estimate of drug-likeness (QED) is 0.747. The molecule has 2 rings (SSSR count). The topological polar surface area (TPSA) is 29.3 Å². The van der Waals surface area contributed by atoms with Gasteiger partial charge in [0.15, 0.2) is 0 Å². The number of nitrogens with zero attached hydrogens (tertiary/aromatic N) is 1. The van der Waals surface area contributed by atoms with E-state index in [1.807, 2.05) is 12.1 Å². The van der Waals surface area contributed by atoms with Crippen LogP contribution >= 0.6 is 0 Å². The minimum Gasteiger partial charge on any atom is -0.324 e. The van der Waals surface area contributed by atoms with Crippen molar-refractivity contribution < 1.29 is 0 Å². The highest BCUT2D eigenvalue weighted by Crippen LogP contribution is 2.29. The third-order valence-corrected chi connectivity index (χ3v) is 3.75. The van der Waals surface area contributed by atoms with Crippen molar-refractivity contribution in [1.82, 2.24) is 4.90 Å². The van der Waals surface area contributed by atoms with Crippen LogP contribution in [0, 0.1) is 5.92 Å². The van der Waals surface area contributed by atoms with Crippen molar-refractivity contribution in [3.05, 3.63) is 48.6 Å². The van der Waals surface area contributed by atoms with Crippen molar-refractivity contribution in [3.8, 4) is 0 Å². The molecule has 1 saturated carbocycles. The van der Waals surface area contributed by atoms with Gasteiger partial charge in [-0.25, -0.2) is 0 Å². The maximum atomic E-state index is 6.35. The molecule has 0 spiro atoms. The molecule has 1 aliphatic rings. The zero-order valence-electron chi connectivity index (χ0n) is 11.3. The Hall–Kier alpha value is -1.12. The number of rotatable bonds is 7. The highest BCUT2D eigenvalue weighted by molar-refractivity contribution is 5.19. The van der Waals surface area contributed by atoms with Crippen molar-refractivity contribution in [1.29, 1.82) is 0 Å². The van der Waals surface area contributed by atoms with Crippen molar-refractivity contribution in [2.75, 3.05) is 13.1 Å². The Labute approximate surface area is 110 Å². The second kappa shape index (κ2) is 6.17. The summed E-state index contributed by atoms with van der Waals surface area (Å²) in [7, 11) is 0. The van der Waals surface area contributed by atoms with Gasteiger partial charge in [-0.1, -0.05) is 43.3 Å². The Kier molecular flexibility index (Phi) is 4.56. The third kappa shape index (κ3) is 3.44. The summed E-state index contributed by atoms with van der Waals surface area (Å²) in [6.07, 6.45) is 4.67. The summed E-state index contributed by atoms with van der Waals surface area (Å²) in [5.41, 5.74) is 7.59. The Balaban J connectivity index is 1.93. The van der Waals surface area contributed by atoms with E-state index in [4.69, 9.17) is 5.73 Å². The van der Waals surface area contributed by atoms with Crippen LogP contribution in [0.15, 0.2) is 43.0 Å². The number of hydrogen-bond donors (Lipinski definition) is 1. The number of benzene rings is 1. The van der Waals surface area contributed by atoms with Crippen LogP contribution in [0.5, 0.6) is 0 Å². The van der Waals surface area contributed by atoms with E-state index in [0.717, 1.165) is 19.1 Å². The first-order chi connectivity index (χ1) is 8.72. The van der Waals surface area contributed by atoms with Gasteiger partial charge in [0, 0.05) is 25.2 Å². The predicted octanol–water partition coefficient (Wildman–Crippen LogP) is 2.97. The highest BCUT2D eigenvalue weighted by Gasteiger charge is 2.30. The Morgan fingerprint density at radius 1 is 1.39 bits per heavy atom. The fourth-order valence-corrected chi connectivity index (χ4v) is 2.47. The van der Waals surface area contributed by atoms with Crippen LogP contribution in [0.3, 0.4) is 0 Å². The molecule has 1 aliphatic carbocycles. The maximum absolute atomic E-state index is 6.35. The van der Waals surface area contributed by atoms with Gasteiger partial charge in [0.2, 0.25) is 0 Å². The minimum absolute atomic E-state index is 0.122.